The third-order valence-electron chi connectivity index (χ3n) is 2.73. The molecule has 2 aliphatic rings. The average Bonchev–Trinajstić information content (AvgIpc) is 2.73. The SMILES string of the molecule is CCc1nccs1.Cc1c(O)cc2cc1C2. The molecule has 0 unspecified atom stereocenters. The highest BCUT2D eigenvalue weighted by molar-refractivity contribution is 7.09. The van der Waals surface area contributed by atoms with Gasteiger partial charge in [-0.15, -0.1) is 11.3 Å². The van der Waals surface area contributed by atoms with E-state index in [-0.39, 0.29) is 0 Å². The standard InChI is InChI=1S/C8H8O.C5H7NS/c1-5-7-2-6(3-7)4-8(5)9;1-2-5-6-3-4-7-5/h2,4,9H,3H2,1H3;3-4H,2H2,1H3. The van der Waals surface area contributed by atoms with E-state index < -0.39 is 0 Å². The molecule has 2 aromatic rings. The van der Waals surface area contributed by atoms with Crippen LogP contribution in [0.3, 0.4) is 0 Å². The van der Waals surface area contributed by atoms with E-state index in [4.69, 9.17) is 5.11 Å². The topological polar surface area (TPSA) is 33.1 Å². The number of hydrogen-bond acceptors (Lipinski definition) is 3. The van der Waals surface area contributed by atoms with Gasteiger partial charge in [0.15, 0.2) is 0 Å². The summed E-state index contributed by atoms with van der Waals surface area (Å²) >= 11 is 1.71. The monoisotopic (exact) mass is 233 g/mol. The lowest BCUT2D eigenvalue weighted by molar-refractivity contribution is 0.467. The highest BCUT2D eigenvalue weighted by Crippen LogP contribution is 2.31. The third-order valence-corrected chi connectivity index (χ3v) is 3.65. The molecular formula is C13H15NOS. The van der Waals surface area contributed by atoms with Crippen LogP contribution in [0.2, 0.25) is 0 Å². The molecule has 0 saturated heterocycles. The van der Waals surface area contributed by atoms with Crippen molar-refractivity contribution >= 4 is 11.3 Å². The van der Waals surface area contributed by atoms with Gasteiger partial charge in [-0.05, 0) is 42.5 Å². The molecule has 2 bridgehead atoms. The number of benzene rings is 1. The second-order valence-electron chi connectivity index (χ2n) is 3.86. The predicted molar refractivity (Wildman–Crippen MR) is 67.1 cm³/mol. The number of aromatic hydroxyl groups is 1. The Bertz CT molecular complexity index is 473. The normalized spacial score (nSPS) is 11.4. The molecule has 3 heteroatoms. The van der Waals surface area contributed by atoms with Crippen molar-refractivity contribution < 1.29 is 5.11 Å². The van der Waals surface area contributed by atoms with Crippen molar-refractivity contribution in [3.63, 3.8) is 0 Å². The second kappa shape index (κ2) is 4.66. The fourth-order valence-electron chi connectivity index (χ4n) is 1.62. The Morgan fingerprint density at radius 3 is 2.50 bits per heavy atom. The lowest BCUT2D eigenvalue weighted by Gasteiger charge is -2.18. The summed E-state index contributed by atoms with van der Waals surface area (Å²) in [5.41, 5.74) is 3.60. The Hall–Kier alpha value is -1.35. The summed E-state index contributed by atoms with van der Waals surface area (Å²) in [7, 11) is 0. The number of aromatic nitrogens is 1. The van der Waals surface area contributed by atoms with E-state index in [9.17, 15) is 0 Å². The summed E-state index contributed by atoms with van der Waals surface area (Å²) in [4.78, 5) is 4.05. The van der Waals surface area contributed by atoms with Crippen molar-refractivity contribution in [2.75, 3.05) is 0 Å². The third kappa shape index (κ3) is 2.25. The smallest absolute Gasteiger partial charge is 0.119 e. The van der Waals surface area contributed by atoms with Crippen LogP contribution < -0.4 is 0 Å². The molecule has 1 aromatic carbocycles. The molecule has 84 valence electrons. The van der Waals surface area contributed by atoms with E-state index in [1.807, 2.05) is 24.6 Å². The number of aryl methyl sites for hydroxylation is 1. The lowest BCUT2D eigenvalue weighted by Crippen LogP contribution is -2.03. The minimum Gasteiger partial charge on any atom is -0.508 e. The van der Waals surface area contributed by atoms with Gasteiger partial charge in [0.25, 0.3) is 0 Å². The summed E-state index contributed by atoms with van der Waals surface area (Å²) < 4.78 is 0. The molecule has 2 aliphatic carbocycles. The number of nitrogens with zero attached hydrogens (tertiary/aromatic N) is 1. The molecule has 0 amide bonds. The first kappa shape index (κ1) is 11.1. The molecular weight excluding hydrogens is 218 g/mol. The van der Waals surface area contributed by atoms with E-state index in [0.717, 1.165) is 18.4 Å². The van der Waals surface area contributed by atoms with Crippen LogP contribution in [0.15, 0.2) is 23.7 Å². The first-order chi connectivity index (χ1) is 7.70. The van der Waals surface area contributed by atoms with Crippen molar-refractivity contribution in [2.24, 2.45) is 0 Å². The fourth-order valence-corrected chi connectivity index (χ4v) is 2.19. The van der Waals surface area contributed by atoms with Gasteiger partial charge in [0.1, 0.15) is 5.75 Å². The van der Waals surface area contributed by atoms with Gasteiger partial charge < -0.3 is 5.11 Å². The quantitative estimate of drug-likeness (QED) is 0.699. The first-order valence-corrected chi connectivity index (χ1v) is 6.28. The molecule has 1 N–H and O–H groups in total. The molecule has 0 aliphatic heterocycles. The van der Waals surface area contributed by atoms with Gasteiger partial charge in [-0.2, -0.15) is 0 Å². The van der Waals surface area contributed by atoms with Crippen LogP contribution >= 0.6 is 11.3 Å². The fraction of sp³-hybridized carbons (Fsp3) is 0.308. The predicted octanol–water partition coefficient (Wildman–Crippen LogP) is 3.31. The van der Waals surface area contributed by atoms with Crippen molar-refractivity contribution in [3.05, 3.63) is 45.4 Å². The molecule has 0 saturated carbocycles. The molecule has 1 aromatic heterocycles. The lowest BCUT2D eigenvalue weighted by atomic mass is 9.88. The largest absolute Gasteiger partial charge is 0.508 e. The molecule has 4 rings (SSSR count). The second-order valence-corrected chi connectivity index (χ2v) is 4.83. The Morgan fingerprint density at radius 1 is 1.44 bits per heavy atom. The number of fused-ring (bicyclic) bond motifs is 2. The average molecular weight is 233 g/mol. The maximum absolute atomic E-state index is 9.14. The van der Waals surface area contributed by atoms with Gasteiger partial charge in [-0.3, -0.25) is 0 Å². The minimum absolute atomic E-state index is 0.453. The van der Waals surface area contributed by atoms with Crippen molar-refractivity contribution in [1.29, 1.82) is 0 Å². The van der Waals surface area contributed by atoms with Crippen LogP contribution in [0.5, 0.6) is 5.75 Å². The van der Waals surface area contributed by atoms with Gasteiger partial charge in [0.2, 0.25) is 0 Å². The zero-order chi connectivity index (χ0) is 11.5. The van der Waals surface area contributed by atoms with Gasteiger partial charge in [-0.1, -0.05) is 13.0 Å². The Labute approximate surface area is 99.6 Å². The number of phenolic OH excluding ortho intramolecular Hbond substituents is 1. The van der Waals surface area contributed by atoms with Crippen molar-refractivity contribution in [3.8, 4) is 5.75 Å². The Morgan fingerprint density at radius 2 is 2.19 bits per heavy atom. The summed E-state index contributed by atoms with van der Waals surface area (Å²) in [5.74, 6) is 0.453. The van der Waals surface area contributed by atoms with E-state index in [1.54, 1.807) is 11.3 Å². The Kier molecular flexibility index (Phi) is 3.25. The summed E-state index contributed by atoms with van der Waals surface area (Å²) in [6.07, 6.45) is 3.97. The van der Waals surface area contributed by atoms with Gasteiger partial charge >= 0.3 is 0 Å². The summed E-state index contributed by atoms with van der Waals surface area (Å²) in [6.45, 7) is 4.06. The van der Waals surface area contributed by atoms with Crippen LogP contribution in [0, 0.1) is 6.92 Å². The highest BCUT2D eigenvalue weighted by Gasteiger charge is 2.14. The molecule has 0 spiro atoms. The summed E-state index contributed by atoms with van der Waals surface area (Å²) in [5, 5.41) is 12.4. The molecule has 2 nitrogen and oxygen atoms in total. The maximum atomic E-state index is 9.14. The van der Waals surface area contributed by atoms with E-state index >= 15 is 0 Å². The van der Waals surface area contributed by atoms with Gasteiger partial charge in [0, 0.05) is 11.6 Å². The van der Waals surface area contributed by atoms with Crippen LogP contribution in [0.1, 0.15) is 28.6 Å². The molecule has 0 fully saturated rings. The molecule has 1 heterocycles. The van der Waals surface area contributed by atoms with Crippen molar-refractivity contribution in [1.82, 2.24) is 4.98 Å². The van der Waals surface area contributed by atoms with Crippen LogP contribution in [0.4, 0.5) is 0 Å². The van der Waals surface area contributed by atoms with Gasteiger partial charge in [0.05, 0.1) is 5.01 Å². The zero-order valence-electron chi connectivity index (χ0n) is 9.53. The number of rotatable bonds is 1. The summed E-state index contributed by atoms with van der Waals surface area (Å²) in [6, 6.07) is 3.96. The number of hydrogen-bond donors (Lipinski definition) is 1. The van der Waals surface area contributed by atoms with E-state index in [2.05, 4.69) is 18.0 Å². The first-order valence-electron chi connectivity index (χ1n) is 5.40. The maximum Gasteiger partial charge on any atom is 0.119 e. The minimum atomic E-state index is 0.453. The highest BCUT2D eigenvalue weighted by atomic mass is 32.1. The molecule has 0 radical (unpaired) electrons. The van der Waals surface area contributed by atoms with Crippen LogP contribution in [-0.2, 0) is 12.8 Å². The van der Waals surface area contributed by atoms with Crippen LogP contribution in [-0.4, -0.2) is 10.1 Å². The van der Waals surface area contributed by atoms with Crippen molar-refractivity contribution in [2.45, 2.75) is 26.7 Å². The van der Waals surface area contributed by atoms with E-state index in [1.165, 1.54) is 16.1 Å². The number of phenols is 1. The van der Waals surface area contributed by atoms with Crippen LogP contribution in [0.25, 0.3) is 0 Å². The van der Waals surface area contributed by atoms with Gasteiger partial charge in [-0.25, -0.2) is 4.98 Å². The molecule has 0 atom stereocenters. The van der Waals surface area contributed by atoms with E-state index in [0.29, 0.717) is 5.75 Å². The Balaban J connectivity index is 0.000000125. The number of thiazole rings is 1. The molecule has 16 heavy (non-hydrogen) atoms. The zero-order valence-corrected chi connectivity index (χ0v) is 10.3.